The number of ether oxygens (including phenoxy) is 3. The zero-order valence-corrected chi connectivity index (χ0v) is 11.2. The summed E-state index contributed by atoms with van der Waals surface area (Å²) in [5.41, 5.74) is 2.32. The van der Waals surface area contributed by atoms with Gasteiger partial charge < -0.3 is 19.5 Å². The van der Waals surface area contributed by atoms with Crippen LogP contribution in [0.5, 0.6) is 5.75 Å². The van der Waals surface area contributed by atoms with Crippen LogP contribution in [-0.4, -0.2) is 33.5 Å². The molecule has 1 saturated heterocycles. The van der Waals surface area contributed by atoms with Crippen molar-refractivity contribution >= 4 is 0 Å². The lowest BCUT2D eigenvalue weighted by molar-refractivity contribution is -0.00926. The van der Waals surface area contributed by atoms with Crippen LogP contribution in [0.3, 0.4) is 0 Å². The molecule has 0 bridgehead atoms. The molecular weight excluding hydrogens is 230 g/mol. The molecule has 18 heavy (non-hydrogen) atoms. The van der Waals surface area contributed by atoms with Crippen molar-refractivity contribution in [3.05, 3.63) is 29.3 Å². The van der Waals surface area contributed by atoms with E-state index in [2.05, 4.69) is 24.4 Å². The maximum absolute atomic E-state index is 5.33. The Kier molecular flexibility index (Phi) is 4.58. The normalized spacial score (nSPS) is 17.3. The molecule has 0 saturated carbocycles. The monoisotopic (exact) mass is 251 g/mol. The predicted molar refractivity (Wildman–Crippen MR) is 69.9 cm³/mol. The van der Waals surface area contributed by atoms with Crippen molar-refractivity contribution in [3.63, 3.8) is 0 Å². The van der Waals surface area contributed by atoms with Crippen LogP contribution >= 0.6 is 0 Å². The van der Waals surface area contributed by atoms with Crippen LogP contribution in [0.1, 0.15) is 24.1 Å². The van der Waals surface area contributed by atoms with Gasteiger partial charge in [0.15, 0.2) is 0 Å². The van der Waals surface area contributed by atoms with Gasteiger partial charge in [-0.2, -0.15) is 0 Å². The standard InChI is InChI=1S/C14H21NO3/c1-10(15-13-8-18-9-13)11-4-5-14(17-3)12(6-11)7-16-2/h4-6,10,13,15H,7-9H2,1-3H3. The van der Waals surface area contributed by atoms with Gasteiger partial charge in [-0.15, -0.1) is 0 Å². The van der Waals surface area contributed by atoms with Gasteiger partial charge in [0.05, 0.1) is 33.0 Å². The fourth-order valence-corrected chi connectivity index (χ4v) is 2.12. The zero-order chi connectivity index (χ0) is 13.0. The molecule has 0 amide bonds. The Morgan fingerprint density at radius 3 is 2.72 bits per heavy atom. The average Bonchev–Trinajstić information content (AvgIpc) is 2.34. The highest BCUT2D eigenvalue weighted by molar-refractivity contribution is 5.38. The molecule has 2 rings (SSSR count). The van der Waals surface area contributed by atoms with Crippen molar-refractivity contribution in [1.82, 2.24) is 5.32 Å². The topological polar surface area (TPSA) is 39.7 Å². The molecule has 0 spiro atoms. The van der Waals surface area contributed by atoms with E-state index in [0.717, 1.165) is 24.5 Å². The van der Waals surface area contributed by atoms with Crippen molar-refractivity contribution < 1.29 is 14.2 Å². The maximum atomic E-state index is 5.33. The minimum absolute atomic E-state index is 0.306. The first-order valence-electron chi connectivity index (χ1n) is 6.24. The summed E-state index contributed by atoms with van der Waals surface area (Å²) in [6.45, 7) is 4.35. The summed E-state index contributed by atoms with van der Waals surface area (Å²) in [5.74, 6) is 0.875. The summed E-state index contributed by atoms with van der Waals surface area (Å²) < 4.78 is 15.7. The van der Waals surface area contributed by atoms with E-state index in [4.69, 9.17) is 14.2 Å². The molecule has 0 radical (unpaired) electrons. The second kappa shape index (κ2) is 6.18. The predicted octanol–water partition coefficient (Wildman–Crippen LogP) is 1.89. The number of hydrogen-bond acceptors (Lipinski definition) is 4. The molecule has 1 aromatic rings. The lowest BCUT2D eigenvalue weighted by atomic mass is 10.0. The summed E-state index contributed by atoms with van der Waals surface area (Å²) in [4.78, 5) is 0. The molecule has 1 unspecified atom stereocenters. The van der Waals surface area contributed by atoms with Crippen LogP contribution in [0, 0.1) is 0 Å². The maximum Gasteiger partial charge on any atom is 0.124 e. The number of rotatable bonds is 6. The minimum Gasteiger partial charge on any atom is -0.496 e. The molecule has 4 heteroatoms. The fraction of sp³-hybridized carbons (Fsp3) is 0.571. The minimum atomic E-state index is 0.306. The molecule has 1 N–H and O–H groups in total. The Bertz CT molecular complexity index is 391. The molecular formula is C14H21NO3. The van der Waals surface area contributed by atoms with E-state index < -0.39 is 0 Å². The van der Waals surface area contributed by atoms with Gasteiger partial charge in [0.25, 0.3) is 0 Å². The molecule has 0 aliphatic carbocycles. The quantitative estimate of drug-likeness (QED) is 0.838. The smallest absolute Gasteiger partial charge is 0.124 e. The van der Waals surface area contributed by atoms with Crippen molar-refractivity contribution in [2.45, 2.75) is 25.6 Å². The summed E-state index contributed by atoms with van der Waals surface area (Å²) in [6.07, 6.45) is 0. The largest absolute Gasteiger partial charge is 0.496 e. The van der Waals surface area contributed by atoms with E-state index in [0.29, 0.717) is 18.7 Å². The van der Waals surface area contributed by atoms with Crippen molar-refractivity contribution in [2.75, 3.05) is 27.4 Å². The number of methoxy groups -OCH3 is 2. The first-order chi connectivity index (χ1) is 8.74. The molecule has 1 heterocycles. The molecule has 1 aliphatic rings. The molecule has 0 aromatic heterocycles. The van der Waals surface area contributed by atoms with Crippen LogP contribution in [-0.2, 0) is 16.1 Å². The first-order valence-corrected chi connectivity index (χ1v) is 6.24. The summed E-state index contributed by atoms with van der Waals surface area (Å²) in [5, 5.41) is 3.53. The van der Waals surface area contributed by atoms with Gasteiger partial charge in [0, 0.05) is 18.7 Å². The first kappa shape index (κ1) is 13.3. The SMILES string of the molecule is COCc1cc(C(C)NC2COC2)ccc1OC. The van der Waals surface area contributed by atoms with Gasteiger partial charge in [-0.05, 0) is 24.6 Å². The Hall–Kier alpha value is -1.10. The van der Waals surface area contributed by atoms with E-state index in [1.165, 1.54) is 5.56 Å². The number of nitrogens with one attached hydrogen (secondary N) is 1. The summed E-state index contributed by atoms with van der Waals surface area (Å²) >= 11 is 0. The average molecular weight is 251 g/mol. The van der Waals surface area contributed by atoms with Gasteiger partial charge in [0.2, 0.25) is 0 Å². The third-order valence-electron chi connectivity index (χ3n) is 3.23. The highest BCUT2D eigenvalue weighted by Gasteiger charge is 2.20. The van der Waals surface area contributed by atoms with Crippen LogP contribution in [0.4, 0.5) is 0 Å². The molecule has 1 aromatic carbocycles. The van der Waals surface area contributed by atoms with E-state index in [1.807, 2.05) is 6.07 Å². The number of hydrogen-bond donors (Lipinski definition) is 1. The lowest BCUT2D eigenvalue weighted by Crippen LogP contribution is -2.46. The van der Waals surface area contributed by atoms with Crippen LogP contribution < -0.4 is 10.1 Å². The second-order valence-corrected chi connectivity index (χ2v) is 4.63. The Labute approximate surface area is 108 Å². The Morgan fingerprint density at radius 1 is 1.39 bits per heavy atom. The molecule has 4 nitrogen and oxygen atoms in total. The zero-order valence-electron chi connectivity index (χ0n) is 11.2. The molecule has 1 fully saturated rings. The van der Waals surface area contributed by atoms with Gasteiger partial charge >= 0.3 is 0 Å². The summed E-state index contributed by atoms with van der Waals surface area (Å²) in [7, 11) is 3.38. The van der Waals surface area contributed by atoms with Crippen LogP contribution in [0.2, 0.25) is 0 Å². The van der Waals surface area contributed by atoms with Crippen LogP contribution in [0.15, 0.2) is 18.2 Å². The van der Waals surface area contributed by atoms with Crippen molar-refractivity contribution in [3.8, 4) is 5.75 Å². The van der Waals surface area contributed by atoms with E-state index in [-0.39, 0.29) is 0 Å². The lowest BCUT2D eigenvalue weighted by Gasteiger charge is -2.30. The van der Waals surface area contributed by atoms with Gasteiger partial charge in [-0.3, -0.25) is 0 Å². The van der Waals surface area contributed by atoms with E-state index in [9.17, 15) is 0 Å². The van der Waals surface area contributed by atoms with Gasteiger partial charge in [-0.1, -0.05) is 6.07 Å². The molecule has 1 aliphatic heterocycles. The summed E-state index contributed by atoms with van der Waals surface area (Å²) in [6, 6.07) is 7.02. The molecule has 1 atom stereocenters. The third-order valence-corrected chi connectivity index (χ3v) is 3.23. The van der Waals surface area contributed by atoms with Crippen LogP contribution in [0.25, 0.3) is 0 Å². The molecule has 100 valence electrons. The Balaban J connectivity index is 2.08. The van der Waals surface area contributed by atoms with Crippen molar-refractivity contribution in [2.24, 2.45) is 0 Å². The highest BCUT2D eigenvalue weighted by Crippen LogP contribution is 2.24. The van der Waals surface area contributed by atoms with Crippen molar-refractivity contribution in [1.29, 1.82) is 0 Å². The van der Waals surface area contributed by atoms with E-state index >= 15 is 0 Å². The number of benzene rings is 1. The van der Waals surface area contributed by atoms with Gasteiger partial charge in [-0.25, -0.2) is 0 Å². The Morgan fingerprint density at radius 2 is 2.17 bits per heavy atom. The fourth-order valence-electron chi connectivity index (χ4n) is 2.12. The van der Waals surface area contributed by atoms with Gasteiger partial charge in [0.1, 0.15) is 5.75 Å². The third kappa shape index (κ3) is 3.02. The highest BCUT2D eigenvalue weighted by atomic mass is 16.5. The second-order valence-electron chi connectivity index (χ2n) is 4.63. The van der Waals surface area contributed by atoms with E-state index in [1.54, 1.807) is 14.2 Å².